The van der Waals surface area contributed by atoms with Crippen molar-refractivity contribution in [3.8, 4) is 11.5 Å². The van der Waals surface area contributed by atoms with Gasteiger partial charge in [0.15, 0.2) is 21.3 Å². The molecular weight excluding hydrogens is 504 g/mol. The van der Waals surface area contributed by atoms with E-state index in [2.05, 4.69) is 20.3 Å². The molecule has 3 aromatic carbocycles. The molecule has 1 saturated heterocycles. The minimum Gasteiger partial charge on any atom is -0.504 e. The molecule has 0 radical (unpaired) electrons. The number of hydrogen-bond acceptors (Lipinski definition) is 8. The number of nitrogens with one attached hydrogen (secondary N) is 1. The minimum atomic E-state index is -3.43. The van der Waals surface area contributed by atoms with Crippen molar-refractivity contribution in [2.75, 3.05) is 39.8 Å². The van der Waals surface area contributed by atoms with Gasteiger partial charge in [0.05, 0.1) is 30.5 Å². The number of rotatable bonds is 10. The minimum absolute atomic E-state index is 0.0386. The van der Waals surface area contributed by atoms with Gasteiger partial charge in [0.2, 0.25) is 0 Å². The molecular formula is C28H32N4O5S. The van der Waals surface area contributed by atoms with E-state index in [1.807, 2.05) is 24.3 Å². The topological polar surface area (TPSA) is 112 Å². The Kier molecular flexibility index (Phi) is 9.11. The SMILES string of the molecule is COc1cccc(C=NNC(=O)CN2CCN(Cc3ccccc3CS(=O)(=O)c3ccccc3)CC2)c1O. The van der Waals surface area contributed by atoms with Crippen LogP contribution in [0, 0.1) is 0 Å². The van der Waals surface area contributed by atoms with Gasteiger partial charge in [0.1, 0.15) is 0 Å². The molecule has 38 heavy (non-hydrogen) atoms. The van der Waals surface area contributed by atoms with E-state index in [1.165, 1.54) is 13.3 Å². The van der Waals surface area contributed by atoms with Crippen LogP contribution in [-0.4, -0.2) is 75.3 Å². The number of piperazine rings is 1. The molecule has 200 valence electrons. The fourth-order valence-corrected chi connectivity index (χ4v) is 5.76. The summed E-state index contributed by atoms with van der Waals surface area (Å²) in [4.78, 5) is 17.0. The van der Waals surface area contributed by atoms with E-state index in [-0.39, 0.29) is 24.0 Å². The Morgan fingerprint density at radius 2 is 1.61 bits per heavy atom. The molecule has 1 amide bonds. The van der Waals surface area contributed by atoms with Crippen molar-refractivity contribution < 1.29 is 23.1 Å². The zero-order chi connectivity index (χ0) is 27.0. The molecule has 1 aliphatic rings. The first-order valence-electron chi connectivity index (χ1n) is 12.3. The van der Waals surface area contributed by atoms with Crippen LogP contribution in [0.2, 0.25) is 0 Å². The fourth-order valence-electron chi connectivity index (χ4n) is 4.34. The number of hydrazone groups is 1. The summed E-state index contributed by atoms with van der Waals surface area (Å²) in [6.07, 6.45) is 1.38. The summed E-state index contributed by atoms with van der Waals surface area (Å²) in [6, 6.07) is 21.2. The summed E-state index contributed by atoms with van der Waals surface area (Å²) in [5.74, 6) is 0.0111. The summed E-state index contributed by atoms with van der Waals surface area (Å²) in [5, 5.41) is 14.0. The monoisotopic (exact) mass is 536 g/mol. The maximum Gasteiger partial charge on any atom is 0.254 e. The first kappa shape index (κ1) is 27.3. The number of nitrogens with zero attached hydrogens (tertiary/aromatic N) is 3. The molecule has 0 unspecified atom stereocenters. The molecule has 1 heterocycles. The van der Waals surface area contributed by atoms with Gasteiger partial charge in [-0.3, -0.25) is 14.6 Å². The van der Waals surface area contributed by atoms with E-state index in [0.29, 0.717) is 35.8 Å². The number of phenols is 1. The van der Waals surface area contributed by atoms with Gasteiger partial charge < -0.3 is 9.84 Å². The van der Waals surface area contributed by atoms with E-state index < -0.39 is 9.84 Å². The summed E-state index contributed by atoms with van der Waals surface area (Å²) >= 11 is 0. The van der Waals surface area contributed by atoms with Crippen LogP contribution in [0.4, 0.5) is 0 Å². The Balaban J connectivity index is 1.27. The highest BCUT2D eigenvalue weighted by molar-refractivity contribution is 7.90. The Bertz CT molecular complexity index is 1370. The van der Waals surface area contributed by atoms with Gasteiger partial charge in [-0.1, -0.05) is 48.5 Å². The number of phenolic OH excluding ortho intramolecular Hbond substituents is 1. The van der Waals surface area contributed by atoms with E-state index in [0.717, 1.165) is 24.2 Å². The second-order valence-corrected chi connectivity index (χ2v) is 11.1. The molecule has 1 aliphatic heterocycles. The normalized spacial score (nSPS) is 15.0. The molecule has 9 nitrogen and oxygen atoms in total. The van der Waals surface area contributed by atoms with Gasteiger partial charge in [-0.05, 0) is 35.4 Å². The van der Waals surface area contributed by atoms with Gasteiger partial charge in [-0.2, -0.15) is 5.10 Å². The van der Waals surface area contributed by atoms with Crippen LogP contribution in [0.3, 0.4) is 0 Å². The Labute approximate surface area is 223 Å². The number of para-hydroxylation sites is 1. The third-order valence-corrected chi connectivity index (χ3v) is 8.12. The van der Waals surface area contributed by atoms with Crippen LogP contribution in [0.15, 0.2) is 82.8 Å². The molecule has 0 spiro atoms. The molecule has 0 bridgehead atoms. The van der Waals surface area contributed by atoms with Crippen LogP contribution in [0.1, 0.15) is 16.7 Å². The van der Waals surface area contributed by atoms with E-state index >= 15 is 0 Å². The summed E-state index contributed by atoms with van der Waals surface area (Å²) in [5.41, 5.74) is 4.74. The zero-order valence-electron chi connectivity index (χ0n) is 21.3. The zero-order valence-corrected chi connectivity index (χ0v) is 22.1. The summed E-state index contributed by atoms with van der Waals surface area (Å²) < 4.78 is 30.9. The van der Waals surface area contributed by atoms with E-state index in [1.54, 1.807) is 48.5 Å². The number of hydrogen-bond donors (Lipinski definition) is 2. The van der Waals surface area contributed by atoms with Crippen LogP contribution in [0.25, 0.3) is 0 Å². The maximum atomic E-state index is 12.9. The highest BCUT2D eigenvalue weighted by atomic mass is 32.2. The molecule has 0 aliphatic carbocycles. The quantitative estimate of drug-likeness (QED) is 0.303. The van der Waals surface area contributed by atoms with Gasteiger partial charge in [-0.25, -0.2) is 13.8 Å². The van der Waals surface area contributed by atoms with Crippen LogP contribution >= 0.6 is 0 Å². The van der Waals surface area contributed by atoms with Gasteiger partial charge in [0.25, 0.3) is 5.91 Å². The number of carbonyl (C=O) groups excluding carboxylic acids is 1. The lowest BCUT2D eigenvalue weighted by atomic mass is 10.1. The van der Waals surface area contributed by atoms with Crippen molar-refractivity contribution in [3.05, 3.63) is 89.5 Å². The van der Waals surface area contributed by atoms with Gasteiger partial charge in [-0.15, -0.1) is 0 Å². The average molecular weight is 537 g/mol. The second kappa shape index (κ2) is 12.7. The van der Waals surface area contributed by atoms with Crippen molar-refractivity contribution in [3.63, 3.8) is 0 Å². The molecule has 10 heteroatoms. The first-order valence-corrected chi connectivity index (χ1v) is 14.0. The summed E-state index contributed by atoms with van der Waals surface area (Å²) in [7, 11) is -1.97. The number of benzene rings is 3. The Morgan fingerprint density at radius 1 is 0.947 bits per heavy atom. The lowest BCUT2D eigenvalue weighted by molar-refractivity contribution is -0.122. The van der Waals surface area contributed by atoms with E-state index in [9.17, 15) is 18.3 Å². The molecule has 2 N–H and O–H groups in total. The summed E-state index contributed by atoms with van der Waals surface area (Å²) in [6.45, 7) is 3.79. The number of ether oxygens (including phenoxy) is 1. The van der Waals surface area contributed by atoms with Crippen molar-refractivity contribution in [2.24, 2.45) is 5.10 Å². The van der Waals surface area contributed by atoms with Crippen LogP contribution in [0.5, 0.6) is 11.5 Å². The number of carbonyl (C=O) groups is 1. The highest BCUT2D eigenvalue weighted by Crippen LogP contribution is 2.28. The van der Waals surface area contributed by atoms with E-state index in [4.69, 9.17) is 4.74 Å². The molecule has 4 rings (SSSR count). The Hall–Kier alpha value is -3.73. The van der Waals surface area contributed by atoms with Crippen LogP contribution in [-0.2, 0) is 26.9 Å². The van der Waals surface area contributed by atoms with Crippen molar-refractivity contribution in [2.45, 2.75) is 17.2 Å². The highest BCUT2D eigenvalue weighted by Gasteiger charge is 2.21. The number of aromatic hydroxyl groups is 1. The lowest BCUT2D eigenvalue weighted by Crippen LogP contribution is -2.48. The van der Waals surface area contributed by atoms with Crippen molar-refractivity contribution in [1.82, 2.24) is 15.2 Å². The number of methoxy groups -OCH3 is 1. The molecule has 1 fully saturated rings. The Morgan fingerprint density at radius 3 is 2.32 bits per heavy atom. The third-order valence-electron chi connectivity index (χ3n) is 6.44. The van der Waals surface area contributed by atoms with Crippen molar-refractivity contribution >= 4 is 22.0 Å². The predicted molar refractivity (Wildman–Crippen MR) is 146 cm³/mol. The predicted octanol–water partition coefficient (Wildman–Crippen LogP) is 2.64. The standard InChI is InChI=1S/C28H32N4O5S/c1-37-26-13-7-10-22(28(26)34)18-29-30-27(33)20-32-16-14-31(15-17-32)19-23-8-5-6-9-24(23)21-38(35,36)25-11-3-2-4-12-25/h2-13,18,34H,14-17,19-21H2,1H3,(H,30,33). The molecule has 3 aromatic rings. The van der Waals surface area contributed by atoms with Crippen LogP contribution < -0.4 is 10.2 Å². The fraction of sp³-hybridized carbons (Fsp3) is 0.286. The lowest BCUT2D eigenvalue weighted by Gasteiger charge is -2.34. The number of sulfone groups is 1. The largest absolute Gasteiger partial charge is 0.504 e. The number of amides is 1. The third kappa shape index (κ3) is 7.18. The first-order chi connectivity index (χ1) is 18.4. The average Bonchev–Trinajstić information content (AvgIpc) is 2.92. The maximum absolute atomic E-state index is 12.9. The molecule has 0 saturated carbocycles. The van der Waals surface area contributed by atoms with Gasteiger partial charge >= 0.3 is 0 Å². The van der Waals surface area contributed by atoms with Gasteiger partial charge in [0, 0.05) is 38.3 Å². The van der Waals surface area contributed by atoms with Crippen molar-refractivity contribution in [1.29, 1.82) is 0 Å². The molecule has 0 aromatic heterocycles. The second-order valence-electron chi connectivity index (χ2n) is 9.08. The molecule has 0 atom stereocenters. The smallest absolute Gasteiger partial charge is 0.254 e.